The number of thioether (sulfide) groups is 1. The highest BCUT2D eigenvalue weighted by molar-refractivity contribution is 7.99. The molecule has 2 aliphatic heterocycles. The molecule has 2 amide bonds. The summed E-state index contributed by atoms with van der Waals surface area (Å²) in [6.07, 6.45) is 3.20. The van der Waals surface area contributed by atoms with Gasteiger partial charge in [-0.15, -0.1) is 0 Å². The topological polar surface area (TPSA) is 49.4 Å². The van der Waals surface area contributed by atoms with E-state index in [-0.39, 0.29) is 17.9 Å². The molecule has 2 saturated heterocycles. The molecule has 0 radical (unpaired) electrons. The Labute approximate surface area is 106 Å². The highest BCUT2D eigenvalue weighted by Gasteiger charge is 2.34. The molecule has 2 rings (SSSR count). The van der Waals surface area contributed by atoms with Gasteiger partial charge < -0.3 is 10.2 Å². The fraction of sp³-hybridized carbons (Fsp3) is 0.833. The van der Waals surface area contributed by atoms with Crippen molar-refractivity contribution in [1.82, 2.24) is 10.2 Å². The van der Waals surface area contributed by atoms with Crippen molar-refractivity contribution < 1.29 is 9.59 Å². The van der Waals surface area contributed by atoms with E-state index in [9.17, 15) is 9.59 Å². The molecular weight excluding hydrogens is 236 g/mol. The van der Waals surface area contributed by atoms with E-state index in [1.54, 1.807) is 0 Å². The maximum atomic E-state index is 12.4. The number of nitrogens with one attached hydrogen (secondary N) is 1. The van der Waals surface area contributed by atoms with Crippen LogP contribution >= 0.6 is 11.8 Å². The average molecular weight is 256 g/mol. The largest absolute Gasteiger partial charge is 0.344 e. The molecule has 0 bridgehead atoms. The zero-order valence-corrected chi connectivity index (χ0v) is 11.1. The number of nitrogens with zero attached hydrogens (tertiary/aromatic N) is 1. The normalized spacial score (nSPS) is 30.3. The summed E-state index contributed by atoms with van der Waals surface area (Å²) in [4.78, 5) is 25.9. The Kier molecular flexibility index (Phi) is 4.31. The van der Waals surface area contributed by atoms with E-state index < -0.39 is 0 Å². The van der Waals surface area contributed by atoms with Crippen molar-refractivity contribution in [3.63, 3.8) is 0 Å². The quantitative estimate of drug-likeness (QED) is 0.820. The van der Waals surface area contributed by atoms with Crippen molar-refractivity contribution >= 4 is 23.6 Å². The van der Waals surface area contributed by atoms with Crippen LogP contribution in [0, 0.1) is 0 Å². The molecule has 0 spiro atoms. The van der Waals surface area contributed by atoms with Gasteiger partial charge in [0.1, 0.15) is 6.04 Å². The minimum atomic E-state index is -0.291. The Bertz CT molecular complexity index is 303. The van der Waals surface area contributed by atoms with E-state index in [2.05, 4.69) is 5.32 Å². The van der Waals surface area contributed by atoms with Crippen LogP contribution in [-0.2, 0) is 9.59 Å². The van der Waals surface area contributed by atoms with E-state index in [1.165, 1.54) is 0 Å². The Hall–Kier alpha value is -0.710. The maximum absolute atomic E-state index is 12.4. The number of amides is 2. The Morgan fingerprint density at radius 2 is 2.29 bits per heavy atom. The summed E-state index contributed by atoms with van der Waals surface area (Å²) in [5.41, 5.74) is 0. The van der Waals surface area contributed by atoms with Crippen LogP contribution in [0.3, 0.4) is 0 Å². The number of carbonyl (C=O) groups is 2. The Balaban J connectivity index is 2.08. The van der Waals surface area contributed by atoms with Crippen molar-refractivity contribution in [3.05, 3.63) is 0 Å². The molecule has 0 saturated carbocycles. The first-order chi connectivity index (χ1) is 8.22. The van der Waals surface area contributed by atoms with Gasteiger partial charge in [-0.3, -0.25) is 9.59 Å². The number of hydrogen-bond acceptors (Lipinski definition) is 3. The second kappa shape index (κ2) is 5.76. The SMILES string of the molecule is CCCC1NC(=O)CCN(C2CCSC2)C1=O. The van der Waals surface area contributed by atoms with Crippen LogP contribution < -0.4 is 5.32 Å². The molecule has 0 aromatic carbocycles. The van der Waals surface area contributed by atoms with E-state index in [0.717, 1.165) is 30.8 Å². The lowest BCUT2D eigenvalue weighted by molar-refractivity contribution is -0.135. The Morgan fingerprint density at radius 3 is 2.94 bits per heavy atom. The average Bonchev–Trinajstić information content (AvgIpc) is 2.78. The standard InChI is InChI=1S/C12H20N2O2S/c1-2-3-10-12(16)14(6-4-11(15)13-10)9-5-7-17-8-9/h9-10H,2-8H2,1H3,(H,13,15). The summed E-state index contributed by atoms with van der Waals surface area (Å²) in [7, 11) is 0. The lowest BCUT2D eigenvalue weighted by atomic mass is 10.1. The van der Waals surface area contributed by atoms with Gasteiger partial charge in [-0.1, -0.05) is 13.3 Å². The lowest BCUT2D eigenvalue weighted by Crippen LogP contribution is -2.48. The first kappa shape index (κ1) is 12.7. The predicted molar refractivity (Wildman–Crippen MR) is 68.9 cm³/mol. The first-order valence-electron chi connectivity index (χ1n) is 6.40. The fourth-order valence-electron chi connectivity index (χ4n) is 2.48. The summed E-state index contributed by atoms with van der Waals surface area (Å²) in [5.74, 6) is 2.31. The smallest absolute Gasteiger partial charge is 0.245 e. The van der Waals surface area contributed by atoms with Crippen LogP contribution in [0.1, 0.15) is 32.6 Å². The van der Waals surface area contributed by atoms with Crippen LogP contribution in [0.25, 0.3) is 0 Å². The maximum Gasteiger partial charge on any atom is 0.245 e. The minimum absolute atomic E-state index is 0.0185. The summed E-state index contributed by atoms with van der Waals surface area (Å²) in [6.45, 7) is 2.64. The molecule has 2 fully saturated rings. The highest BCUT2D eigenvalue weighted by atomic mass is 32.2. The summed E-state index contributed by atoms with van der Waals surface area (Å²) < 4.78 is 0. The van der Waals surface area contributed by atoms with Crippen molar-refractivity contribution in [2.45, 2.75) is 44.7 Å². The van der Waals surface area contributed by atoms with Gasteiger partial charge in [-0.25, -0.2) is 0 Å². The summed E-state index contributed by atoms with van der Waals surface area (Å²) in [6, 6.07) is 0.0557. The van der Waals surface area contributed by atoms with Gasteiger partial charge in [0, 0.05) is 24.8 Å². The molecular formula is C12H20N2O2S. The third kappa shape index (κ3) is 2.94. The van der Waals surface area contributed by atoms with E-state index >= 15 is 0 Å². The lowest BCUT2D eigenvalue weighted by Gasteiger charge is -2.29. The van der Waals surface area contributed by atoms with Gasteiger partial charge in [0.25, 0.3) is 0 Å². The van der Waals surface area contributed by atoms with Gasteiger partial charge in [-0.05, 0) is 18.6 Å². The van der Waals surface area contributed by atoms with Crippen LogP contribution in [0.2, 0.25) is 0 Å². The summed E-state index contributed by atoms with van der Waals surface area (Å²) in [5, 5.41) is 2.85. The van der Waals surface area contributed by atoms with Crippen LogP contribution in [0.5, 0.6) is 0 Å². The molecule has 4 nitrogen and oxygen atoms in total. The first-order valence-corrected chi connectivity index (χ1v) is 7.55. The molecule has 2 atom stereocenters. The molecule has 2 aliphatic rings. The van der Waals surface area contributed by atoms with E-state index in [4.69, 9.17) is 0 Å². The third-order valence-electron chi connectivity index (χ3n) is 3.42. The molecule has 0 aliphatic carbocycles. The van der Waals surface area contributed by atoms with Crippen molar-refractivity contribution in [1.29, 1.82) is 0 Å². The molecule has 17 heavy (non-hydrogen) atoms. The van der Waals surface area contributed by atoms with Crippen LogP contribution in [-0.4, -0.2) is 46.8 Å². The van der Waals surface area contributed by atoms with Crippen molar-refractivity contribution in [2.75, 3.05) is 18.1 Å². The van der Waals surface area contributed by atoms with Crippen LogP contribution in [0.15, 0.2) is 0 Å². The monoisotopic (exact) mass is 256 g/mol. The molecule has 2 heterocycles. The third-order valence-corrected chi connectivity index (χ3v) is 4.56. The highest BCUT2D eigenvalue weighted by Crippen LogP contribution is 2.24. The van der Waals surface area contributed by atoms with E-state index in [1.807, 2.05) is 23.6 Å². The van der Waals surface area contributed by atoms with E-state index in [0.29, 0.717) is 19.0 Å². The van der Waals surface area contributed by atoms with Crippen LogP contribution in [0.4, 0.5) is 0 Å². The molecule has 0 aromatic heterocycles. The zero-order valence-electron chi connectivity index (χ0n) is 10.3. The van der Waals surface area contributed by atoms with Crippen molar-refractivity contribution in [2.24, 2.45) is 0 Å². The zero-order chi connectivity index (χ0) is 12.3. The molecule has 96 valence electrons. The van der Waals surface area contributed by atoms with Crippen molar-refractivity contribution in [3.8, 4) is 0 Å². The minimum Gasteiger partial charge on any atom is -0.344 e. The Morgan fingerprint density at radius 1 is 1.47 bits per heavy atom. The fourth-order valence-corrected chi connectivity index (χ4v) is 3.70. The second-order valence-corrected chi connectivity index (χ2v) is 5.86. The van der Waals surface area contributed by atoms with Gasteiger partial charge >= 0.3 is 0 Å². The van der Waals surface area contributed by atoms with Gasteiger partial charge in [-0.2, -0.15) is 11.8 Å². The van der Waals surface area contributed by atoms with Gasteiger partial charge in [0.05, 0.1) is 0 Å². The molecule has 5 heteroatoms. The van der Waals surface area contributed by atoms with Gasteiger partial charge in [0.2, 0.25) is 11.8 Å². The predicted octanol–water partition coefficient (Wildman–Crippen LogP) is 1.01. The number of rotatable bonds is 3. The second-order valence-electron chi connectivity index (χ2n) is 4.71. The molecule has 1 N–H and O–H groups in total. The molecule has 2 unspecified atom stereocenters. The number of hydrogen-bond donors (Lipinski definition) is 1. The molecule has 0 aromatic rings. The van der Waals surface area contributed by atoms with Gasteiger partial charge in [0.15, 0.2) is 0 Å². The number of carbonyl (C=O) groups excluding carboxylic acids is 2. The summed E-state index contributed by atoms with van der Waals surface area (Å²) >= 11 is 1.90.